The lowest BCUT2D eigenvalue weighted by atomic mass is 9.78. The highest BCUT2D eigenvalue weighted by Crippen LogP contribution is 2.63. The lowest BCUT2D eigenvalue weighted by Gasteiger charge is -2.26. The van der Waals surface area contributed by atoms with Crippen molar-refractivity contribution in [3.05, 3.63) is 117 Å². The van der Waals surface area contributed by atoms with Crippen molar-refractivity contribution in [2.45, 2.75) is 119 Å². The van der Waals surface area contributed by atoms with Gasteiger partial charge >= 0.3 is 7.82 Å². The van der Waals surface area contributed by atoms with Gasteiger partial charge in [-0.05, 0) is 126 Å². The van der Waals surface area contributed by atoms with Gasteiger partial charge in [-0.1, -0.05) is 154 Å². The summed E-state index contributed by atoms with van der Waals surface area (Å²) in [7, 11) is -4.77. The minimum Gasteiger partial charge on any atom is -0.394 e. The predicted molar refractivity (Wildman–Crippen MR) is 241 cm³/mol. The van der Waals surface area contributed by atoms with Gasteiger partial charge in [-0.15, -0.1) is 0 Å². The van der Waals surface area contributed by atoms with Crippen molar-refractivity contribution in [1.82, 2.24) is 0 Å². The molecule has 0 saturated heterocycles. The molecule has 6 aromatic carbocycles. The van der Waals surface area contributed by atoms with Gasteiger partial charge in [0.1, 0.15) is 11.5 Å². The molecule has 1 N–H and O–H groups in total. The first kappa shape index (κ1) is 40.3. The lowest BCUT2D eigenvalue weighted by Crippen LogP contribution is -2.06. The normalized spacial score (nSPS) is 15.6. The maximum Gasteiger partial charge on any atom is 0.584 e. The Bertz CT molecular complexity index is 2500. The monoisotopic (exact) mass is 830 g/mol. The Hall–Kier alpha value is -3.89. The van der Waals surface area contributed by atoms with Crippen LogP contribution in [0.1, 0.15) is 152 Å². The molecule has 1 aliphatic heterocycles. The third-order valence-corrected chi connectivity index (χ3v) is 12.8. The second kappa shape index (κ2) is 15.1. The molecule has 6 aromatic rings. The first-order valence-corrected chi connectivity index (χ1v) is 22.6. The fourth-order valence-electron chi connectivity index (χ4n) is 8.53. The molecule has 0 fully saturated rings. The Morgan fingerprint density at radius 2 is 0.875 bits per heavy atom. The summed E-state index contributed by atoms with van der Waals surface area (Å²) in [4.78, 5) is 12.0. The molecule has 1 heterocycles. The zero-order valence-corrected chi connectivity index (χ0v) is 37.4. The van der Waals surface area contributed by atoms with E-state index in [0.717, 1.165) is 59.4 Å². The Kier molecular flexibility index (Phi) is 10.9. The Balaban J connectivity index is 1.74. The van der Waals surface area contributed by atoms with Crippen LogP contribution in [0.5, 0.6) is 11.5 Å². The van der Waals surface area contributed by atoms with Crippen LogP contribution in [-0.2, 0) is 4.57 Å². The molecular formula is C50H56BrO4P. The summed E-state index contributed by atoms with van der Waals surface area (Å²) >= 11 is 3.78. The molecule has 7 rings (SSSR count). The van der Waals surface area contributed by atoms with Crippen molar-refractivity contribution in [2.75, 3.05) is 0 Å². The zero-order chi connectivity index (χ0) is 40.5. The maximum atomic E-state index is 14.7. The molecule has 1 aliphatic rings. The fraction of sp³-hybridized carbons (Fsp3) is 0.360. The van der Waals surface area contributed by atoms with Gasteiger partial charge in [0.2, 0.25) is 0 Å². The molecule has 56 heavy (non-hydrogen) atoms. The van der Waals surface area contributed by atoms with E-state index in [9.17, 15) is 9.46 Å². The molecule has 6 heteroatoms. The molecule has 4 nitrogen and oxygen atoms in total. The molecule has 0 bridgehead atoms. The second-order valence-electron chi connectivity index (χ2n) is 17.6. The minimum atomic E-state index is -4.77. The van der Waals surface area contributed by atoms with Gasteiger partial charge in [0.25, 0.3) is 0 Å². The molecule has 1 unspecified atom stereocenters. The van der Waals surface area contributed by atoms with E-state index in [2.05, 4.69) is 166 Å². The van der Waals surface area contributed by atoms with Crippen molar-refractivity contribution in [1.29, 1.82) is 0 Å². The number of fused-ring (bicyclic) bond motifs is 7. The van der Waals surface area contributed by atoms with Crippen molar-refractivity contribution >= 4 is 45.3 Å². The predicted octanol–water partition coefficient (Wildman–Crippen LogP) is 16.4. The molecule has 1 atom stereocenters. The SMILES string of the molecule is CC(C)c1cc(C(C)C)c(-c2cc3ccccc3c3c2OP(=O)(O)Oc2c(-c4c(C(C)C)cc(C(C)C)cc4C(C)C)cc4cc(Br)ccc4c2-3)c(C(C)C)c1. The summed E-state index contributed by atoms with van der Waals surface area (Å²) in [6.45, 7) is 26.7. The Labute approximate surface area is 342 Å². The van der Waals surface area contributed by atoms with Gasteiger partial charge in [-0.2, -0.15) is 0 Å². The van der Waals surface area contributed by atoms with E-state index in [1.54, 1.807) is 0 Å². The van der Waals surface area contributed by atoms with E-state index in [4.69, 9.17) is 9.05 Å². The quantitative estimate of drug-likeness (QED) is 0.155. The van der Waals surface area contributed by atoms with E-state index in [1.807, 2.05) is 12.1 Å². The van der Waals surface area contributed by atoms with Crippen LogP contribution in [0.4, 0.5) is 0 Å². The molecule has 292 valence electrons. The van der Waals surface area contributed by atoms with Gasteiger partial charge in [-0.3, -0.25) is 4.89 Å². The number of hydrogen-bond donors (Lipinski definition) is 1. The molecule has 0 radical (unpaired) electrons. The van der Waals surface area contributed by atoms with Gasteiger partial charge in [0.05, 0.1) is 0 Å². The molecule has 0 spiro atoms. The summed E-state index contributed by atoms with van der Waals surface area (Å²) in [5, 5.41) is 3.86. The van der Waals surface area contributed by atoms with Crippen molar-refractivity contribution < 1.29 is 18.5 Å². The summed E-state index contributed by atoms with van der Waals surface area (Å²) in [5.41, 5.74) is 12.5. The first-order valence-electron chi connectivity index (χ1n) is 20.3. The summed E-state index contributed by atoms with van der Waals surface area (Å²) < 4.78 is 28.7. The number of rotatable bonds is 8. The van der Waals surface area contributed by atoms with Crippen LogP contribution < -0.4 is 9.05 Å². The average Bonchev–Trinajstić information content (AvgIpc) is 3.26. The smallest absolute Gasteiger partial charge is 0.394 e. The average molecular weight is 832 g/mol. The Morgan fingerprint density at radius 3 is 1.29 bits per heavy atom. The number of phosphoric acid groups is 1. The molecular weight excluding hydrogens is 775 g/mol. The van der Waals surface area contributed by atoms with Crippen molar-refractivity contribution in [2.24, 2.45) is 0 Å². The molecule has 0 saturated carbocycles. The van der Waals surface area contributed by atoms with Crippen LogP contribution >= 0.6 is 23.8 Å². The summed E-state index contributed by atoms with van der Waals surface area (Å²) in [5.74, 6) is 2.14. The summed E-state index contributed by atoms with van der Waals surface area (Å²) in [6.07, 6.45) is 0. The Morgan fingerprint density at radius 1 is 0.482 bits per heavy atom. The van der Waals surface area contributed by atoms with Crippen LogP contribution in [0.3, 0.4) is 0 Å². The first-order chi connectivity index (χ1) is 26.4. The number of hydrogen-bond acceptors (Lipinski definition) is 3. The van der Waals surface area contributed by atoms with Gasteiger partial charge in [0.15, 0.2) is 0 Å². The van der Waals surface area contributed by atoms with Crippen LogP contribution in [0, 0.1) is 0 Å². The largest absolute Gasteiger partial charge is 0.584 e. The summed E-state index contributed by atoms with van der Waals surface area (Å²) in [6, 6.07) is 28.2. The highest BCUT2D eigenvalue weighted by atomic mass is 79.9. The van der Waals surface area contributed by atoms with Gasteiger partial charge in [0, 0.05) is 26.7 Å². The number of halogens is 1. The van der Waals surface area contributed by atoms with E-state index in [1.165, 1.54) is 33.4 Å². The minimum absolute atomic E-state index is 0.176. The topological polar surface area (TPSA) is 55.8 Å². The van der Waals surface area contributed by atoms with E-state index >= 15 is 0 Å². The van der Waals surface area contributed by atoms with Crippen LogP contribution in [0.2, 0.25) is 0 Å². The van der Waals surface area contributed by atoms with Crippen LogP contribution in [-0.4, -0.2) is 4.89 Å². The van der Waals surface area contributed by atoms with E-state index < -0.39 is 7.82 Å². The van der Waals surface area contributed by atoms with Crippen LogP contribution in [0.25, 0.3) is 54.9 Å². The maximum absolute atomic E-state index is 14.7. The third kappa shape index (κ3) is 7.14. The zero-order valence-electron chi connectivity index (χ0n) is 35.0. The highest BCUT2D eigenvalue weighted by Gasteiger charge is 2.39. The van der Waals surface area contributed by atoms with Crippen LogP contribution in [0.15, 0.2) is 83.3 Å². The van der Waals surface area contributed by atoms with Crippen molar-refractivity contribution in [3.63, 3.8) is 0 Å². The second-order valence-corrected chi connectivity index (χ2v) is 19.8. The van der Waals surface area contributed by atoms with E-state index in [-0.39, 0.29) is 23.7 Å². The fourth-order valence-corrected chi connectivity index (χ4v) is 9.78. The highest BCUT2D eigenvalue weighted by molar-refractivity contribution is 9.10. The molecule has 0 aromatic heterocycles. The standard InChI is InChI=1S/C50H56BrO4P/c1-26(2)33-21-39(28(5)6)45(40(22-33)29(7)8)43-20-32-15-13-14-16-37(32)47-48-38-18-17-36(51)19-35(38)25-44(50(48)55-56(52,53)54-49(43)47)46-41(30(9)10)23-34(27(3)4)24-42(46)31(11)12/h13-31H,1-12H3,(H,52,53). The number of phosphoric ester groups is 1. The molecule has 0 aliphatic carbocycles. The molecule has 0 amide bonds. The van der Waals surface area contributed by atoms with Gasteiger partial charge in [-0.25, -0.2) is 4.57 Å². The van der Waals surface area contributed by atoms with Gasteiger partial charge < -0.3 is 9.05 Å². The number of benzene rings is 6. The van der Waals surface area contributed by atoms with Crippen molar-refractivity contribution in [3.8, 4) is 44.9 Å². The van der Waals surface area contributed by atoms with E-state index in [0.29, 0.717) is 23.3 Å². The lowest BCUT2D eigenvalue weighted by molar-refractivity contribution is 0.295. The third-order valence-electron chi connectivity index (χ3n) is 11.5.